The van der Waals surface area contributed by atoms with Gasteiger partial charge in [-0.2, -0.15) is 0 Å². The summed E-state index contributed by atoms with van der Waals surface area (Å²) >= 11 is 0. The summed E-state index contributed by atoms with van der Waals surface area (Å²) in [5.41, 5.74) is 5.38. The van der Waals surface area contributed by atoms with Crippen molar-refractivity contribution in [1.29, 1.82) is 0 Å². The molecule has 0 saturated heterocycles. The van der Waals surface area contributed by atoms with Crippen LogP contribution in [0, 0.1) is 0 Å². The number of hydrogen-bond donors (Lipinski definition) is 2. The summed E-state index contributed by atoms with van der Waals surface area (Å²) in [5, 5.41) is 0. The van der Waals surface area contributed by atoms with Gasteiger partial charge in [-0.3, -0.25) is 13.8 Å². The first-order valence-corrected chi connectivity index (χ1v) is 25.5. The normalized spacial score (nSPS) is 13.3. The summed E-state index contributed by atoms with van der Waals surface area (Å²) in [6, 6.07) is 0. The summed E-state index contributed by atoms with van der Waals surface area (Å²) in [5.74, 6) is -0.322. The first kappa shape index (κ1) is 54.5. The Morgan fingerprint density at radius 3 is 1.15 bits per heavy atom. The molecule has 0 aliphatic carbocycles. The Balaban J connectivity index is 3.92. The summed E-state index contributed by atoms with van der Waals surface area (Å²) in [6.45, 7) is 5.00. The Kier molecular flexibility index (Phi) is 44.2. The van der Waals surface area contributed by atoms with Gasteiger partial charge in [0.15, 0.2) is 0 Å². The zero-order valence-corrected chi connectivity index (χ0v) is 37.6. The van der Waals surface area contributed by atoms with E-state index in [-0.39, 0.29) is 32.3 Å². The Morgan fingerprint density at radius 1 is 0.473 bits per heavy atom. The molecule has 0 fully saturated rings. The molecule has 0 aliphatic rings. The van der Waals surface area contributed by atoms with Crippen molar-refractivity contribution in [2.24, 2.45) is 5.73 Å². The molecular formula is C46H94NO7P. The fourth-order valence-electron chi connectivity index (χ4n) is 7.24. The van der Waals surface area contributed by atoms with E-state index in [0.29, 0.717) is 13.0 Å². The predicted molar refractivity (Wildman–Crippen MR) is 234 cm³/mol. The maximum absolute atomic E-state index is 12.6. The fraction of sp³-hybridized carbons (Fsp3) is 0.978. The third-order valence-electron chi connectivity index (χ3n) is 10.8. The number of hydrogen-bond acceptors (Lipinski definition) is 7. The standard InChI is InChI=1S/C46H94NO7P/c1-3-5-7-9-11-13-15-17-19-21-22-23-25-27-29-31-33-35-37-39-46(48)54-45(44-53-55(49,50)52-42-40-47)43-51-41-38-36-34-32-30-28-26-24-20-18-16-14-12-10-8-6-4-2/h45H,3-44,47H2,1-2H3,(H,49,50). The van der Waals surface area contributed by atoms with Crippen LogP contribution in [0.5, 0.6) is 0 Å². The third-order valence-corrected chi connectivity index (χ3v) is 11.8. The zero-order valence-electron chi connectivity index (χ0n) is 36.7. The van der Waals surface area contributed by atoms with Crippen molar-refractivity contribution >= 4 is 13.8 Å². The van der Waals surface area contributed by atoms with Crippen LogP contribution in [0.15, 0.2) is 0 Å². The number of phosphoric ester groups is 1. The van der Waals surface area contributed by atoms with Crippen LogP contribution in [0.3, 0.4) is 0 Å². The zero-order chi connectivity index (χ0) is 40.2. The van der Waals surface area contributed by atoms with Gasteiger partial charge >= 0.3 is 13.8 Å². The summed E-state index contributed by atoms with van der Waals surface area (Å²) in [7, 11) is -4.27. The molecule has 0 bridgehead atoms. The summed E-state index contributed by atoms with van der Waals surface area (Å²) in [4.78, 5) is 22.5. The topological polar surface area (TPSA) is 117 Å². The van der Waals surface area contributed by atoms with Crippen LogP contribution in [0.2, 0.25) is 0 Å². The minimum absolute atomic E-state index is 0.0898. The molecule has 0 aromatic rings. The second kappa shape index (κ2) is 44.6. The number of ether oxygens (including phenoxy) is 2. The number of esters is 1. The molecule has 55 heavy (non-hydrogen) atoms. The van der Waals surface area contributed by atoms with E-state index in [4.69, 9.17) is 24.3 Å². The highest BCUT2D eigenvalue weighted by Crippen LogP contribution is 2.43. The Labute approximate surface area is 341 Å². The highest BCUT2D eigenvalue weighted by Gasteiger charge is 2.25. The van der Waals surface area contributed by atoms with E-state index in [1.807, 2.05) is 0 Å². The molecule has 9 heteroatoms. The number of rotatable bonds is 47. The van der Waals surface area contributed by atoms with Gasteiger partial charge in [0.1, 0.15) is 6.10 Å². The summed E-state index contributed by atoms with van der Waals surface area (Å²) < 4.78 is 33.5. The lowest BCUT2D eigenvalue weighted by Gasteiger charge is -2.20. The first-order chi connectivity index (χ1) is 26.9. The highest BCUT2D eigenvalue weighted by atomic mass is 31.2. The van der Waals surface area contributed by atoms with Gasteiger partial charge in [0.2, 0.25) is 0 Å². The smallest absolute Gasteiger partial charge is 0.457 e. The number of phosphoric acid groups is 1. The predicted octanol–water partition coefficient (Wildman–Crippen LogP) is 14.5. The van der Waals surface area contributed by atoms with Gasteiger partial charge < -0.3 is 20.1 Å². The summed E-state index contributed by atoms with van der Waals surface area (Å²) in [6.07, 6.45) is 46.9. The van der Waals surface area contributed by atoms with Crippen LogP contribution in [-0.4, -0.2) is 49.9 Å². The minimum Gasteiger partial charge on any atom is -0.457 e. The van der Waals surface area contributed by atoms with Crippen molar-refractivity contribution < 1.29 is 32.8 Å². The van der Waals surface area contributed by atoms with Gasteiger partial charge in [0.05, 0.1) is 19.8 Å². The maximum atomic E-state index is 12.6. The molecule has 3 N–H and O–H groups in total. The van der Waals surface area contributed by atoms with Crippen molar-refractivity contribution in [3.8, 4) is 0 Å². The van der Waals surface area contributed by atoms with E-state index in [1.165, 1.54) is 199 Å². The van der Waals surface area contributed by atoms with E-state index < -0.39 is 13.9 Å². The van der Waals surface area contributed by atoms with Gasteiger partial charge in [-0.25, -0.2) is 4.57 Å². The molecule has 0 amide bonds. The van der Waals surface area contributed by atoms with E-state index in [2.05, 4.69) is 13.8 Å². The minimum atomic E-state index is -4.27. The lowest BCUT2D eigenvalue weighted by molar-refractivity contribution is -0.154. The van der Waals surface area contributed by atoms with E-state index in [0.717, 1.165) is 32.1 Å². The lowest BCUT2D eigenvalue weighted by Crippen LogP contribution is -2.28. The Bertz CT molecular complexity index is 817. The van der Waals surface area contributed by atoms with Crippen molar-refractivity contribution in [2.45, 2.75) is 258 Å². The van der Waals surface area contributed by atoms with Crippen LogP contribution < -0.4 is 5.73 Å². The van der Waals surface area contributed by atoms with Gasteiger partial charge in [-0.05, 0) is 12.8 Å². The average molecular weight is 804 g/mol. The Morgan fingerprint density at radius 2 is 0.800 bits per heavy atom. The SMILES string of the molecule is CCCCCCCCCCCCCCCCCCCCCC(=O)OC(COCCCCCCCCCCCCCCCCCCC)COP(=O)(O)OCCN. The highest BCUT2D eigenvalue weighted by molar-refractivity contribution is 7.47. The molecule has 2 atom stereocenters. The molecule has 0 aromatic carbocycles. The van der Waals surface area contributed by atoms with E-state index in [9.17, 15) is 14.3 Å². The Hall–Kier alpha value is -0.500. The van der Waals surface area contributed by atoms with Gasteiger partial charge in [0.25, 0.3) is 0 Å². The number of carbonyl (C=O) groups is 1. The molecule has 8 nitrogen and oxygen atoms in total. The maximum Gasteiger partial charge on any atom is 0.472 e. The number of carbonyl (C=O) groups excluding carboxylic acids is 1. The van der Waals surface area contributed by atoms with Crippen LogP contribution in [0.25, 0.3) is 0 Å². The lowest BCUT2D eigenvalue weighted by atomic mass is 10.0. The van der Waals surface area contributed by atoms with E-state index in [1.54, 1.807) is 0 Å². The molecule has 0 radical (unpaired) electrons. The monoisotopic (exact) mass is 804 g/mol. The number of unbranched alkanes of at least 4 members (excludes halogenated alkanes) is 34. The molecule has 0 spiro atoms. The molecule has 330 valence electrons. The fourth-order valence-corrected chi connectivity index (χ4v) is 8.00. The molecular weight excluding hydrogens is 709 g/mol. The largest absolute Gasteiger partial charge is 0.472 e. The number of nitrogens with two attached hydrogens (primary N) is 1. The van der Waals surface area contributed by atoms with Crippen molar-refractivity contribution in [3.63, 3.8) is 0 Å². The van der Waals surface area contributed by atoms with E-state index >= 15 is 0 Å². The second-order valence-electron chi connectivity index (χ2n) is 16.3. The van der Waals surface area contributed by atoms with Crippen molar-refractivity contribution in [2.75, 3.05) is 33.0 Å². The second-order valence-corrected chi connectivity index (χ2v) is 17.8. The quantitative estimate of drug-likeness (QED) is 0.0355. The van der Waals surface area contributed by atoms with Crippen LogP contribution in [-0.2, 0) is 27.9 Å². The molecule has 0 rings (SSSR count). The molecule has 0 aliphatic heterocycles. The van der Waals surface area contributed by atoms with Gasteiger partial charge in [0, 0.05) is 19.6 Å². The van der Waals surface area contributed by atoms with Crippen LogP contribution in [0.4, 0.5) is 0 Å². The molecule has 0 aromatic heterocycles. The molecule has 2 unspecified atom stereocenters. The third kappa shape index (κ3) is 44.4. The van der Waals surface area contributed by atoms with Crippen molar-refractivity contribution in [1.82, 2.24) is 0 Å². The molecule has 0 saturated carbocycles. The first-order valence-electron chi connectivity index (χ1n) is 24.0. The van der Waals surface area contributed by atoms with Gasteiger partial charge in [-0.1, -0.05) is 232 Å². The van der Waals surface area contributed by atoms with Crippen molar-refractivity contribution in [3.05, 3.63) is 0 Å². The van der Waals surface area contributed by atoms with Crippen LogP contribution >= 0.6 is 7.82 Å². The van der Waals surface area contributed by atoms with Crippen LogP contribution in [0.1, 0.15) is 251 Å². The van der Waals surface area contributed by atoms with Gasteiger partial charge in [-0.15, -0.1) is 0 Å². The molecule has 0 heterocycles. The average Bonchev–Trinajstić information content (AvgIpc) is 3.17.